The van der Waals surface area contributed by atoms with Crippen LogP contribution in [-0.4, -0.2) is 9.55 Å². The van der Waals surface area contributed by atoms with Gasteiger partial charge in [0.15, 0.2) is 0 Å². The van der Waals surface area contributed by atoms with Crippen molar-refractivity contribution < 1.29 is 0 Å². The Hall–Kier alpha value is -0.880. The average molecular weight is 257 g/mol. The zero-order valence-corrected chi connectivity index (χ0v) is 10.4. The molecule has 0 fully saturated rings. The fourth-order valence-corrected chi connectivity index (χ4v) is 2.65. The van der Waals surface area contributed by atoms with Gasteiger partial charge in [-0.05, 0) is 12.1 Å². The third-order valence-corrected chi connectivity index (χ3v) is 3.79. The zero-order valence-electron chi connectivity index (χ0n) is 8.85. The van der Waals surface area contributed by atoms with Crippen molar-refractivity contribution in [2.75, 3.05) is 0 Å². The number of nitrogens with one attached hydrogen (secondary N) is 1. The minimum atomic E-state index is 0.0543. The Bertz CT molecular complexity index is 465. The quantitative estimate of drug-likeness (QED) is 0.649. The van der Waals surface area contributed by atoms with Crippen molar-refractivity contribution in [1.29, 1.82) is 0 Å². The second kappa shape index (κ2) is 4.97. The number of hydrogen-bond donors (Lipinski definition) is 2. The molecule has 0 saturated heterocycles. The van der Waals surface area contributed by atoms with Crippen LogP contribution in [0.2, 0.25) is 4.34 Å². The van der Waals surface area contributed by atoms with Gasteiger partial charge >= 0.3 is 0 Å². The zero-order chi connectivity index (χ0) is 11.5. The molecule has 0 spiro atoms. The van der Waals surface area contributed by atoms with Crippen LogP contribution in [0.3, 0.4) is 0 Å². The highest BCUT2D eigenvalue weighted by atomic mass is 35.5. The fraction of sp³-hybridized carbons (Fsp3) is 0.300. The molecule has 2 rings (SSSR count). The van der Waals surface area contributed by atoms with Crippen LogP contribution in [0.15, 0.2) is 24.5 Å². The SMILES string of the molecule is Cn1ccnc1CC(NN)c1ccc(Cl)s1. The molecule has 0 aromatic carbocycles. The number of halogens is 1. The summed E-state index contributed by atoms with van der Waals surface area (Å²) >= 11 is 7.44. The molecule has 0 aliphatic carbocycles. The molecule has 2 heterocycles. The first-order valence-electron chi connectivity index (χ1n) is 4.88. The molecule has 6 heteroatoms. The lowest BCUT2D eigenvalue weighted by molar-refractivity contribution is 0.538. The molecule has 4 nitrogen and oxygen atoms in total. The molecule has 0 saturated carbocycles. The summed E-state index contributed by atoms with van der Waals surface area (Å²) in [5.74, 6) is 6.55. The number of thiophene rings is 1. The summed E-state index contributed by atoms with van der Waals surface area (Å²) in [6, 6.07) is 3.92. The van der Waals surface area contributed by atoms with E-state index in [2.05, 4.69) is 10.4 Å². The van der Waals surface area contributed by atoms with Crippen LogP contribution < -0.4 is 11.3 Å². The monoisotopic (exact) mass is 256 g/mol. The van der Waals surface area contributed by atoms with Crippen molar-refractivity contribution >= 4 is 22.9 Å². The number of imidazole rings is 1. The first-order chi connectivity index (χ1) is 7.70. The molecular weight excluding hydrogens is 244 g/mol. The van der Waals surface area contributed by atoms with Gasteiger partial charge in [0.1, 0.15) is 5.82 Å². The van der Waals surface area contributed by atoms with Crippen molar-refractivity contribution in [3.63, 3.8) is 0 Å². The van der Waals surface area contributed by atoms with Crippen LogP contribution in [0.5, 0.6) is 0 Å². The van der Waals surface area contributed by atoms with Crippen molar-refractivity contribution in [3.8, 4) is 0 Å². The normalized spacial score (nSPS) is 12.9. The molecule has 16 heavy (non-hydrogen) atoms. The molecule has 2 aromatic heterocycles. The largest absolute Gasteiger partial charge is 0.338 e. The van der Waals surface area contributed by atoms with Gasteiger partial charge in [0, 0.05) is 30.7 Å². The van der Waals surface area contributed by atoms with Crippen molar-refractivity contribution in [2.45, 2.75) is 12.5 Å². The van der Waals surface area contributed by atoms with E-state index >= 15 is 0 Å². The topological polar surface area (TPSA) is 55.9 Å². The highest BCUT2D eigenvalue weighted by Crippen LogP contribution is 2.28. The van der Waals surface area contributed by atoms with Crippen LogP contribution in [-0.2, 0) is 13.5 Å². The van der Waals surface area contributed by atoms with Crippen LogP contribution in [0.25, 0.3) is 0 Å². The lowest BCUT2D eigenvalue weighted by Crippen LogP contribution is -2.29. The Morgan fingerprint density at radius 3 is 2.94 bits per heavy atom. The number of aryl methyl sites for hydroxylation is 1. The summed E-state index contributed by atoms with van der Waals surface area (Å²) in [6.45, 7) is 0. The van der Waals surface area contributed by atoms with E-state index in [0.29, 0.717) is 0 Å². The van der Waals surface area contributed by atoms with Crippen molar-refractivity contribution in [2.24, 2.45) is 12.9 Å². The first kappa shape index (κ1) is 11.6. The molecular formula is C10H13ClN4S. The van der Waals surface area contributed by atoms with E-state index in [9.17, 15) is 0 Å². The van der Waals surface area contributed by atoms with E-state index in [-0.39, 0.29) is 6.04 Å². The minimum absolute atomic E-state index is 0.0543. The molecule has 0 radical (unpaired) electrons. The van der Waals surface area contributed by atoms with Gasteiger partial charge in [-0.2, -0.15) is 0 Å². The first-order valence-corrected chi connectivity index (χ1v) is 6.07. The minimum Gasteiger partial charge on any atom is -0.338 e. The van der Waals surface area contributed by atoms with Gasteiger partial charge in [-0.15, -0.1) is 11.3 Å². The Balaban J connectivity index is 2.15. The van der Waals surface area contributed by atoms with Crippen LogP contribution in [0.1, 0.15) is 16.7 Å². The van der Waals surface area contributed by atoms with Crippen molar-refractivity contribution in [1.82, 2.24) is 15.0 Å². The molecule has 2 aromatic rings. The maximum Gasteiger partial charge on any atom is 0.110 e. The van der Waals surface area contributed by atoms with E-state index in [0.717, 1.165) is 21.5 Å². The smallest absolute Gasteiger partial charge is 0.110 e. The lowest BCUT2D eigenvalue weighted by Gasteiger charge is -2.13. The number of aromatic nitrogens is 2. The van der Waals surface area contributed by atoms with Crippen LogP contribution in [0, 0.1) is 0 Å². The molecule has 0 bridgehead atoms. The fourth-order valence-electron chi connectivity index (χ4n) is 1.53. The molecule has 86 valence electrons. The predicted molar refractivity (Wildman–Crippen MR) is 66.3 cm³/mol. The van der Waals surface area contributed by atoms with Crippen LogP contribution in [0.4, 0.5) is 0 Å². The van der Waals surface area contributed by atoms with Gasteiger partial charge in [-0.25, -0.2) is 4.98 Å². The number of rotatable bonds is 4. The van der Waals surface area contributed by atoms with E-state index in [1.807, 2.05) is 29.9 Å². The van der Waals surface area contributed by atoms with Crippen molar-refractivity contribution in [3.05, 3.63) is 39.6 Å². The second-order valence-corrected chi connectivity index (χ2v) is 5.27. The number of hydrazine groups is 1. The second-order valence-electron chi connectivity index (χ2n) is 3.52. The van der Waals surface area contributed by atoms with Gasteiger partial charge in [0.25, 0.3) is 0 Å². The Kier molecular flexibility index (Phi) is 3.60. The molecule has 0 aliphatic heterocycles. The molecule has 3 N–H and O–H groups in total. The lowest BCUT2D eigenvalue weighted by atomic mass is 10.2. The molecule has 0 aliphatic rings. The van der Waals surface area contributed by atoms with E-state index < -0.39 is 0 Å². The predicted octanol–water partition coefficient (Wildman–Crippen LogP) is 1.88. The van der Waals surface area contributed by atoms with Gasteiger partial charge in [-0.1, -0.05) is 11.6 Å². The third kappa shape index (κ3) is 2.44. The van der Waals surface area contributed by atoms with Gasteiger partial charge in [-0.3, -0.25) is 11.3 Å². The average Bonchev–Trinajstić information content (AvgIpc) is 2.85. The standard InChI is InChI=1S/C10H13ClN4S/c1-15-5-4-13-10(15)6-7(14-12)8-2-3-9(11)16-8/h2-5,7,14H,6,12H2,1H3. The summed E-state index contributed by atoms with van der Waals surface area (Å²) in [4.78, 5) is 5.40. The summed E-state index contributed by atoms with van der Waals surface area (Å²) < 4.78 is 2.76. The Morgan fingerprint density at radius 1 is 1.62 bits per heavy atom. The third-order valence-electron chi connectivity index (χ3n) is 2.45. The summed E-state index contributed by atoms with van der Waals surface area (Å²) in [5, 5.41) is 0. The summed E-state index contributed by atoms with van der Waals surface area (Å²) in [5.41, 5.74) is 2.80. The van der Waals surface area contributed by atoms with Crippen LogP contribution >= 0.6 is 22.9 Å². The summed E-state index contributed by atoms with van der Waals surface area (Å²) in [6.07, 6.45) is 4.45. The van der Waals surface area contributed by atoms with Gasteiger partial charge < -0.3 is 4.57 Å². The van der Waals surface area contributed by atoms with Gasteiger partial charge in [0.05, 0.1) is 10.4 Å². The highest BCUT2D eigenvalue weighted by Gasteiger charge is 2.14. The number of nitrogens with zero attached hydrogens (tertiary/aromatic N) is 2. The number of nitrogens with two attached hydrogens (primary N) is 1. The van der Waals surface area contributed by atoms with Gasteiger partial charge in [0.2, 0.25) is 0 Å². The van der Waals surface area contributed by atoms with E-state index in [1.165, 1.54) is 11.3 Å². The van der Waals surface area contributed by atoms with E-state index in [1.54, 1.807) is 6.20 Å². The molecule has 1 atom stereocenters. The maximum atomic E-state index is 5.90. The Morgan fingerprint density at radius 2 is 2.44 bits per heavy atom. The Labute approximate surface area is 103 Å². The van der Waals surface area contributed by atoms with E-state index in [4.69, 9.17) is 17.4 Å². The highest BCUT2D eigenvalue weighted by molar-refractivity contribution is 7.16. The maximum absolute atomic E-state index is 5.90. The summed E-state index contributed by atoms with van der Waals surface area (Å²) in [7, 11) is 1.97. The molecule has 0 amide bonds. The number of hydrogen-bond acceptors (Lipinski definition) is 4. The molecule has 1 unspecified atom stereocenters.